The van der Waals surface area contributed by atoms with Crippen LogP contribution in [-0.2, 0) is 27.9 Å². The number of amides is 1. The van der Waals surface area contributed by atoms with Crippen LogP contribution in [-0.4, -0.2) is 74.3 Å². The lowest BCUT2D eigenvalue weighted by Gasteiger charge is -2.27. The number of carbonyl (C=O) groups is 2. The van der Waals surface area contributed by atoms with Gasteiger partial charge in [0.15, 0.2) is 0 Å². The van der Waals surface area contributed by atoms with Gasteiger partial charge in [0.25, 0.3) is 0 Å². The zero-order valence-corrected chi connectivity index (χ0v) is 52.5. The number of nitrogens with one attached hydrogen (secondary N) is 1. The Bertz CT molecular complexity index is 1610. The molecule has 0 rings (SSSR count). The summed E-state index contributed by atoms with van der Waals surface area (Å²) < 4.78 is 30.7. The Kier molecular flexibility index (Phi) is 55.4. The van der Waals surface area contributed by atoms with Crippen molar-refractivity contribution in [2.75, 3.05) is 40.9 Å². The lowest BCUT2D eigenvalue weighted by molar-refractivity contribution is -0.870. The molecule has 0 aliphatic heterocycles. The SMILES string of the molecule is CC/C=C/C/C=C/C/C=C/C/C=C/C/C=C/CCC(=O)NC(COP(=O)(O)OCC[N+](C)(C)C)C(/C=C\CCCCCCCCCCCCC)OC(=O)CCCCCCCCCCCCCCC/C=C/CCCCCCCC. The van der Waals surface area contributed by atoms with E-state index in [0.717, 1.165) is 70.6 Å². The number of esters is 1. The van der Waals surface area contributed by atoms with E-state index in [1.54, 1.807) is 0 Å². The Morgan fingerprint density at radius 2 is 0.833 bits per heavy atom. The molecule has 0 bridgehead atoms. The molecule has 0 fully saturated rings. The van der Waals surface area contributed by atoms with Crippen LogP contribution in [0.1, 0.15) is 284 Å². The smallest absolute Gasteiger partial charge is 0.456 e. The van der Waals surface area contributed by atoms with Crippen LogP contribution in [0.3, 0.4) is 0 Å². The van der Waals surface area contributed by atoms with Gasteiger partial charge in [-0.3, -0.25) is 18.6 Å². The normalized spacial score (nSPS) is 14.2. The molecule has 2 N–H and O–H groups in total. The van der Waals surface area contributed by atoms with E-state index in [1.807, 2.05) is 39.4 Å². The molecule has 1 amide bonds. The minimum absolute atomic E-state index is 0.0246. The van der Waals surface area contributed by atoms with Crippen molar-refractivity contribution in [1.82, 2.24) is 5.32 Å². The number of hydrogen-bond donors (Lipinski definition) is 2. The molecule has 0 aromatic heterocycles. The topological polar surface area (TPSA) is 111 Å². The molecular weight excluding hydrogens is 988 g/mol. The predicted molar refractivity (Wildman–Crippen MR) is 337 cm³/mol. The summed E-state index contributed by atoms with van der Waals surface area (Å²) in [5.41, 5.74) is 0. The number of phosphoric ester groups is 1. The summed E-state index contributed by atoms with van der Waals surface area (Å²) >= 11 is 0. The average molecular weight is 1110 g/mol. The van der Waals surface area contributed by atoms with Crippen LogP contribution in [0, 0.1) is 0 Å². The van der Waals surface area contributed by atoms with Crippen LogP contribution in [0.4, 0.5) is 0 Å². The number of unbranched alkanes of at least 4 members (excludes halogenated alkanes) is 30. The Balaban J connectivity index is 5.26. The van der Waals surface area contributed by atoms with E-state index < -0.39 is 20.0 Å². The maximum Gasteiger partial charge on any atom is 0.472 e. The monoisotopic (exact) mass is 1110 g/mol. The number of hydrogen-bond acceptors (Lipinski definition) is 6. The molecule has 452 valence electrons. The van der Waals surface area contributed by atoms with Gasteiger partial charge in [-0.05, 0) is 89.5 Å². The Morgan fingerprint density at radius 1 is 0.462 bits per heavy atom. The second-order valence-electron chi connectivity index (χ2n) is 22.9. The van der Waals surface area contributed by atoms with Gasteiger partial charge in [-0.25, -0.2) is 4.57 Å². The summed E-state index contributed by atoms with van der Waals surface area (Å²) in [6.45, 7) is 6.85. The number of likely N-dealkylation sites (N-methyl/N-ethyl adjacent to an activating group) is 1. The fraction of sp³-hybridized carbons (Fsp3) is 0.765. The van der Waals surface area contributed by atoms with Crippen molar-refractivity contribution in [3.05, 3.63) is 85.1 Å². The van der Waals surface area contributed by atoms with Gasteiger partial charge in [-0.15, -0.1) is 0 Å². The van der Waals surface area contributed by atoms with Crippen LogP contribution in [0.25, 0.3) is 0 Å². The molecule has 0 aliphatic carbocycles. The first-order chi connectivity index (χ1) is 37.9. The van der Waals surface area contributed by atoms with Crippen molar-refractivity contribution in [3.63, 3.8) is 0 Å². The first-order valence-electron chi connectivity index (χ1n) is 32.4. The lowest BCUT2D eigenvalue weighted by Crippen LogP contribution is -2.47. The van der Waals surface area contributed by atoms with Crippen LogP contribution in [0.2, 0.25) is 0 Å². The summed E-state index contributed by atoms with van der Waals surface area (Å²) in [4.78, 5) is 37.7. The maximum atomic E-state index is 13.5. The lowest BCUT2D eigenvalue weighted by atomic mass is 10.0. The summed E-state index contributed by atoms with van der Waals surface area (Å²) in [5, 5.41) is 3.01. The summed E-state index contributed by atoms with van der Waals surface area (Å²) in [5.74, 6) is -0.598. The summed E-state index contributed by atoms with van der Waals surface area (Å²) in [6.07, 6.45) is 76.1. The number of nitrogens with zero attached hydrogens (tertiary/aromatic N) is 1. The third-order valence-corrected chi connectivity index (χ3v) is 15.1. The summed E-state index contributed by atoms with van der Waals surface area (Å²) in [7, 11) is 1.45. The van der Waals surface area contributed by atoms with Gasteiger partial charge in [0.2, 0.25) is 5.91 Å². The van der Waals surface area contributed by atoms with Crippen molar-refractivity contribution >= 4 is 19.7 Å². The van der Waals surface area contributed by atoms with Crippen LogP contribution < -0.4 is 5.32 Å². The van der Waals surface area contributed by atoms with Crippen LogP contribution in [0.5, 0.6) is 0 Å². The number of quaternary nitrogens is 1. The highest BCUT2D eigenvalue weighted by Gasteiger charge is 2.30. The number of carbonyl (C=O) groups excluding carboxylic acids is 2. The number of phosphoric acid groups is 1. The molecule has 10 heteroatoms. The predicted octanol–water partition coefficient (Wildman–Crippen LogP) is 20.2. The average Bonchev–Trinajstić information content (AvgIpc) is 3.40. The molecule has 9 nitrogen and oxygen atoms in total. The molecule has 0 aromatic carbocycles. The minimum atomic E-state index is -4.47. The summed E-state index contributed by atoms with van der Waals surface area (Å²) in [6, 6.07) is -0.891. The third kappa shape index (κ3) is 57.9. The number of rotatable bonds is 58. The standard InChI is InChI=1S/C68H123N2O7P/c1-7-10-13-16-19-22-25-28-30-32-33-34-35-36-37-38-40-43-46-49-52-55-58-61-68(72)77-66(59-56-53-50-47-44-41-27-24-21-18-15-12-9-3)65(64-76-78(73,74)75-63-62-70(4,5)6)69-67(71)60-57-54-51-48-45-42-39-31-29-26-23-20-17-14-11-8-2/h11,14,20,23,28-31,42,45,51,54,56,59,65-66H,7-10,12-13,15-19,21-22,24-27,32-41,43-44,46-50,52-53,55,57-58,60-64H2,1-6H3,(H-,69,71,73,74)/p+1/b14-11+,23-20+,30-28+,31-29+,45-42+,54-51+,59-56-. The fourth-order valence-electron chi connectivity index (χ4n) is 9.10. The van der Waals surface area contributed by atoms with Gasteiger partial charge in [0.1, 0.15) is 19.3 Å². The van der Waals surface area contributed by atoms with E-state index in [9.17, 15) is 19.0 Å². The quantitative estimate of drug-likeness (QED) is 0.0205. The van der Waals surface area contributed by atoms with E-state index >= 15 is 0 Å². The van der Waals surface area contributed by atoms with Crippen LogP contribution in [0.15, 0.2) is 85.1 Å². The molecule has 0 aromatic rings. The zero-order valence-electron chi connectivity index (χ0n) is 51.6. The number of allylic oxidation sites excluding steroid dienone is 13. The Labute approximate surface area is 482 Å². The van der Waals surface area contributed by atoms with Gasteiger partial charge in [-0.2, -0.15) is 0 Å². The molecule has 3 atom stereocenters. The Morgan fingerprint density at radius 3 is 1.26 bits per heavy atom. The van der Waals surface area contributed by atoms with Gasteiger partial charge >= 0.3 is 13.8 Å². The molecule has 0 spiro atoms. The van der Waals surface area contributed by atoms with E-state index in [4.69, 9.17) is 13.8 Å². The molecule has 0 saturated carbocycles. The minimum Gasteiger partial charge on any atom is -0.456 e. The first kappa shape index (κ1) is 75.2. The highest BCUT2D eigenvalue weighted by atomic mass is 31.2. The van der Waals surface area contributed by atoms with Crippen molar-refractivity contribution in [2.24, 2.45) is 0 Å². The van der Waals surface area contributed by atoms with Gasteiger partial charge in [-0.1, -0.05) is 267 Å². The van der Waals surface area contributed by atoms with Gasteiger partial charge in [0.05, 0.1) is 33.8 Å². The molecule has 0 heterocycles. The van der Waals surface area contributed by atoms with Gasteiger partial charge in [0, 0.05) is 12.8 Å². The zero-order chi connectivity index (χ0) is 57.2. The van der Waals surface area contributed by atoms with Crippen molar-refractivity contribution in [3.8, 4) is 0 Å². The highest BCUT2D eigenvalue weighted by molar-refractivity contribution is 7.47. The highest BCUT2D eigenvalue weighted by Crippen LogP contribution is 2.43. The second kappa shape index (κ2) is 57.4. The largest absolute Gasteiger partial charge is 0.472 e. The third-order valence-electron chi connectivity index (χ3n) is 14.1. The van der Waals surface area contributed by atoms with Crippen molar-refractivity contribution < 1.29 is 37.3 Å². The molecule has 78 heavy (non-hydrogen) atoms. The fourth-order valence-corrected chi connectivity index (χ4v) is 9.84. The number of ether oxygens (including phenoxy) is 1. The van der Waals surface area contributed by atoms with E-state index in [1.165, 1.54) is 173 Å². The van der Waals surface area contributed by atoms with Gasteiger partial charge < -0.3 is 19.4 Å². The molecule has 0 radical (unpaired) electrons. The maximum absolute atomic E-state index is 13.5. The Hall–Kier alpha value is -2.81. The molecule has 3 unspecified atom stereocenters. The molecule has 0 aliphatic rings. The van der Waals surface area contributed by atoms with E-state index in [2.05, 4.69) is 92.9 Å². The van der Waals surface area contributed by atoms with E-state index in [-0.39, 0.29) is 37.9 Å². The van der Waals surface area contributed by atoms with Crippen molar-refractivity contribution in [1.29, 1.82) is 0 Å². The van der Waals surface area contributed by atoms with E-state index in [0.29, 0.717) is 17.4 Å². The molecule has 0 saturated heterocycles. The first-order valence-corrected chi connectivity index (χ1v) is 33.9. The second-order valence-corrected chi connectivity index (χ2v) is 24.4. The molecular formula is C68H124N2O7P+. The van der Waals surface area contributed by atoms with Crippen LogP contribution >= 0.6 is 7.82 Å². The van der Waals surface area contributed by atoms with Crippen molar-refractivity contribution in [2.45, 2.75) is 296 Å².